The van der Waals surface area contributed by atoms with E-state index in [1.807, 2.05) is 0 Å². The molecule has 0 spiro atoms. The first kappa shape index (κ1) is 32.8. The lowest BCUT2D eigenvalue weighted by atomic mass is 10.2. The van der Waals surface area contributed by atoms with Gasteiger partial charge in [0.05, 0.1) is 27.0 Å². The Labute approximate surface area is 275 Å². The number of hydrogen-bond donors (Lipinski definition) is 2. The van der Waals surface area contributed by atoms with Gasteiger partial charge in [0.15, 0.2) is 0 Å². The topological polar surface area (TPSA) is 140 Å². The maximum atomic E-state index is 13.7. The predicted molar refractivity (Wildman–Crippen MR) is 179 cm³/mol. The van der Waals surface area contributed by atoms with Gasteiger partial charge in [0.25, 0.3) is 31.5 Å². The van der Waals surface area contributed by atoms with Crippen molar-refractivity contribution < 1.29 is 21.6 Å². The molecule has 11 nitrogen and oxygen atoms in total. The van der Waals surface area contributed by atoms with E-state index in [9.17, 15) is 26.4 Å². The molecule has 46 heavy (non-hydrogen) atoms. The summed E-state index contributed by atoms with van der Waals surface area (Å²) in [5, 5.41) is 2.82. The Morgan fingerprint density at radius 1 is 0.826 bits per heavy atom. The first-order chi connectivity index (χ1) is 21.7. The third kappa shape index (κ3) is 6.40. The number of anilines is 3. The molecule has 0 saturated carbocycles. The molecule has 0 aliphatic heterocycles. The fourth-order valence-electron chi connectivity index (χ4n) is 4.75. The number of aromatic nitrogens is 2. The molecule has 5 rings (SSSR count). The maximum absolute atomic E-state index is 13.7. The number of carbonyl (C=O) groups is 1. The van der Waals surface area contributed by atoms with Crippen molar-refractivity contribution in [1.82, 2.24) is 9.36 Å². The van der Waals surface area contributed by atoms with Crippen molar-refractivity contribution in [2.45, 2.75) is 16.7 Å². The lowest BCUT2D eigenvalue weighted by Crippen LogP contribution is -2.32. The van der Waals surface area contributed by atoms with E-state index in [0.717, 1.165) is 4.31 Å². The zero-order valence-corrected chi connectivity index (χ0v) is 27.7. The minimum Gasteiger partial charge on any atom is -0.322 e. The molecule has 0 fully saturated rings. The number of carbonyl (C=O) groups excluding carboxylic acids is 1. The molecule has 1 aromatic heterocycles. The lowest BCUT2D eigenvalue weighted by Gasteiger charge is -2.18. The van der Waals surface area contributed by atoms with Crippen LogP contribution in [0.25, 0.3) is 5.69 Å². The van der Waals surface area contributed by atoms with E-state index in [2.05, 4.69) is 10.0 Å². The molecule has 0 aliphatic rings. The van der Waals surface area contributed by atoms with Crippen LogP contribution >= 0.6 is 23.2 Å². The number of amides is 1. The highest BCUT2D eigenvalue weighted by Gasteiger charge is 2.29. The standard InChI is InChI=1S/C31H27Cl2N5O6S2/c1-20-29(31(40)38(36(20)2)25-12-5-4-6-13-25)37(3)46(43,44)26-14-7-9-21(17-26)30(39)34-23-15-16-27(33)28(19-23)45(41,42)35-24-11-8-10-22(32)18-24/h4-19,35H,1-3H3,(H,34,39). The molecule has 0 bridgehead atoms. The Kier molecular flexibility index (Phi) is 9.05. The highest BCUT2D eigenvalue weighted by Crippen LogP contribution is 2.29. The Morgan fingerprint density at radius 3 is 2.22 bits per heavy atom. The Bertz CT molecular complexity index is 2250. The van der Waals surface area contributed by atoms with Crippen LogP contribution in [0.2, 0.25) is 10.0 Å². The quantitative estimate of drug-likeness (QED) is 0.203. The van der Waals surface area contributed by atoms with E-state index in [1.54, 1.807) is 61.1 Å². The summed E-state index contributed by atoms with van der Waals surface area (Å²) in [4.78, 5) is 26.2. The summed E-state index contributed by atoms with van der Waals surface area (Å²) in [6.07, 6.45) is 0. The van der Waals surface area contributed by atoms with E-state index >= 15 is 0 Å². The predicted octanol–water partition coefficient (Wildman–Crippen LogP) is 5.67. The minimum absolute atomic E-state index is 0.0302. The molecule has 15 heteroatoms. The second-order valence-electron chi connectivity index (χ2n) is 10.1. The summed E-state index contributed by atoms with van der Waals surface area (Å²) in [5.41, 5.74) is 0.655. The van der Waals surface area contributed by atoms with Crippen LogP contribution in [0, 0.1) is 6.92 Å². The molecule has 1 heterocycles. The van der Waals surface area contributed by atoms with E-state index in [0.29, 0.717) is 16.4 Å². The summed E-state index contributed by atoms with van der Waals surface area (Å²) in [7, 11) is -5.56. The number of hydrogen-bond acceptors (Lipinski definition) is 6. The first-order valence-corrected chi connectivity index (χ1v) is 17.2. The largest absolute Gasteiger partial charge is 0.322 e. The van der Waals surface area contributed by atoms with Gasteiger partial charge in [-0.25, -0.2) is 21.5 Å². The van der Waals surface area contributed by atoms with Crippen molar-refractivity contribution in [3.05, 3.63) is 129 Å². The van der Waals surface area contributed by atoms with Crippen molar-refractivity contribution in [1.29, 1.82) is 0 Å². The molecule has 2 N–H and O–H groups in total. The molecule has 0 atom stereocenters. The zero-order valence-electron chi connectivity index (χ0n) is 24.6. The lowest BCUT2D eigenvalue weighted by molar-refractivity contribution is 0.102. The minimum atomic E-state index is -4.30. The van der Waals surface area contributed by atoms with E-state index < -0.39 is 31.5 Å². The molecular weight excluding hydrogens is 673 g/mol. The van der Waals surface area contributed by atoms with Gasteiger partial charge in [0.1, 0.15) is 10.6 Å². The van der Waals surface area contributed by atoms with Crippen molar-refractivity contribution in [2.75, 3.05) is 21.4 Å². The van der Waals surface area contributed by atoms with Crippen molar-refractivity contribution in [3.63, 3.8) is 0 Å². The van der Waals surface area contributed by atoms with Crippen LogP contribution in [-0.4, -0.2) is 39.2 Å². The van der Waals surface area contributed by atoms with Crippen LogP contribution in [-0.2, 0) is 27.1 Å². The van der Waals surface area contributed by atoms with Crippen LogP contribution in [0.15, 0.2) is 112 Å². The average molecular weight is 701 g/mol. The smallest absolute Gasteiger partial charge is 0.296 e. The maximum Gasteiger partial charge on any atom is 0.296 e. The SMILES string of the molecule is Cc1c(N(C)S(=O)(=O)c2cccc(C(=O)Nc3ccc(Cl)c(S(=O)(=O)Nc4cccc(Cl)c4)c3)c2)c(=O)n(-c2ccccc2)n1C. The van der Waals surface area contributed by atoms with Crippen LogP contribution < -0.4 is 19.9 Å². The molecule has 5 aromatic rings. The molecule has 238 valence electrons. The number of sulfonamides is 2. The van der Waals surface area contributed by atoms with Gasteiger partial charge in [-0.1, -0.05) is 53.5 Å². The summed E-state index contributed by atoms with van der Waals surface area (Å²) in [6, 6.07) is 24.1. The highest BCUT2D eigenvalue weighted by molar-refractivity contribution is 7.93. The van der Waals surface area contributed by atoms with Gasteiger partial charge in [-0.15, -0.1) is 0 Å². The van der Waals surface area contributed by atoms with Gasteiger partial charge < -0.3 is 5.32 Å². The van der Waals surface area contributed by atoms with Gasteiger partial charge in [-0.05, 0) is 73.7 Å². The van der Waals surface area contributed by atoms with Crippen LogP contribution in [0.4, 0.5) is 17.1 Å². The Balaban J connectivity index is 1.41. The zero-order chi connectivity index (χ0) is 33.4. The summed E-state index contributed by atoms with van der Waals surface area (Å²) < 4.78 is 59.8. The van der Waals surface area contributed by atoms with Crippen molar-refractivity contribution in [2.24, 2.45) is 7.05 Å². The number of nitrogens with one attached hydrogen (secondary N) is 2. The normalized spacial score (nSPS) is 11.7. The van der Waals surface area contributed by atoms with Gasteiger partial charge in [-0.3, -0.25) is 23.3 Å². The third-order valence-corrected chi connectivity index (χ3v) is 11.0. The second-order valence-corrected chi connectivity index (χ2v) is 14.6. The highest BCUT2D eigenvalue weighted by atomic mass is 35.5. The second kappa shape index (κ2) is 12.7. The first-order valence-electron chi connectivity index (χ1n) is 13.5. The van der Waals surface area contributed by atoms with Crippen LogP contribution in [0.3, 0.4) is 0 Å². The van der Waals surface area contributed by atoms with E-state index in [1.165, 1.54) is 66.3 Å². The number of nitrogens with zero attached hydrogens (tertiary/aromatic N) is 3. The fraction of sp³-hybridized carbons (Fsp3) is 0.0968. The third-order valence-electron chi connectivity index (χ3n) is 7.15. The fourth-order valence-corrected chi connectivity index (χ4v) is 7.81. The Morgan fingerprint density at radius 2 is 1.52 bits per heavy atom. The summed E-state index contributed by atoms with van der Waals surface area (Å²) >= 11 is 12.2. The molecule has 0 radical (unpaired) electrons. The number of rotatable bonds is 9. The van der Waals surface area contributed by atoms with E-state index in [4.69, 9.17) is 23.2 Å². The molecule has 4 aromatic carbocycles. The molecule has 0 saturated heterocycles. The number of halogens is 2. The summed E-state index contributed by atoms with van der Waals surface area (Å²) in [5.74, 6) is -0.713. The van der Waals surface area contributed by atoms with Gasteiger partial charge in [0, 0.05) is 30.4 Å². The number of benzene rings is 4. The molecule has 0 unspecified atom stereocenters. The monoisotopic (exact) mass is 699 g/mol. The van der Waals surface area contributed by atoms with Gasteiger partial charge in [0.2, 0.25) is 0 Å². The molecule has 1 amide bonds. The van der Waals surface area contributed by atoms with Gasteiger partial charge in [-0.2, -0.15) is 0 Å². The van der Waals surface area contributed by atoms with Crippen LogP contribution in [0.1, 0.15) is 16.1 Å². The van der Waals surface area contributed by atoms with Gasteiger partial charge >= 0.3 is 0 Å². The number of para-hydroxylation sites is 1. The van der Waals surface area contributed by atoms with Crippen LogP contribution in [0.5, 0.6) is 0 Å². The summed E-state index contributed by atoms with van der Waals surface area (Å²) in [6.45, 7) is 1.64. The average Bonchev–Trinajstić information content (AvgIpc) is 3.24. The van der Waals surface area contributed by atoms with Crippen molar-refractivity contribution >= 4 is 66.2 Å². The Hall–Kier alpha value is -4.56. The molecule has 0 aliphatic carbocycles. The molecular formula is C31H27Cl2N5O6S2. The van der Waals surface area contributed by atoms with E-state index in [-0.39, 0.29) is 37.4 Å². The van der Waals surface area contributed by atoms with Crippen molar-refractivity contribution in [3.8, 4) is 5.69 Å².